The van der Waals surface area contributed by atoms with Crippen molar-refractivity contribution in [3.8, 4) is 0 Å². The van der Waals surface area contributed by atoms with Crippen molar-refractivity contribution in [2.75, 3.05) is 12.3 Å². The van der Waals surface area contributed by atoms with E-state index in [-0.39, 0.29) is 6.61 Å². The van der Waals surface area contributed by atoms with Crippen LogP contribution in [0.25, 0.3) is 0 Å². The van der Waals surface area contributed by atoms with Crippen molar-refractivity contribution in [2.45, 2.75) is 13.1 Å². The molecule has 0 bridgehead atoms. The molecular weight excluding hydrogens is 227 g/mol. The molecule has 1 heterocycles. The molecule has 0 aromatic carbocycles. The summed E-state index contributed by atoms with van der Waals surface area (Å²) in [5.74, 6) is -1.75. The van der Waals surface area contributed by atoms with Gasteiger partial charge < -0.3 is 10.5 Å². The monoisotopic (exact) mass is 237 g/mol. The summed E-state index contributed by atoms with van der Waals surface area (Å²) >= 11 is 0. The first-order chi connectivity index (χ1) is 7.29. The smallest absolute Gasteiger partial charge is 0.422 e. The zero-order valence-corrected chi connectivity index (χ0v) is 8.63. The van der Waals surface area contributed by atoms with E-state index in [1.807, 2.05) is 0 Å². The fourth-order valence-electron chi connectivity index (χ4n) is 1.16. The van der Waals surface area contributed by atoms with E-state index in [9.17, 15) is 18.0 Å². The van der Waals surface area contributed by atoms with Crippen LogP contribution in [0.3, 0.4) is 0 Å². The molecule has 16 heavy (non-hydrogen) atoms. The molecule has 0 spiro atoms. The predicted octanol–water partition coefficient (Wildman–Crippen LogP) is 1.20. The number of rotatable bonds is 2. The van der Waals surface area contributed by atoms with Gasteiger partial charge in [0.25, 0.3) is 0 Å². The number of esters is 1. The van der Waals surface area contributed by atoms with Crippen LogP contribution in [-0.2, 0) is 18.0 Å². The molecule has 0 aliphatic carbocycles. The summed E-state index contributed by atoms with van der Waals surface area (Å²) in [5.41, 5.74) is 3.13. The summed E-state index contributed by atoms with van der Waals surface area (Å²) in [5, 5.41) is 3.39. The standard InChI is InChI=1S/C8H10F3N3O2/c1-3-16-7(15)5-4(8(9,10)11)6(12)14(2)13-5/h3,12H2,1-2H3. The van der Waals surface area contributed by atoms with Gasteiger partial charge in [0.2, 0.25) is 0 Å². The van der Waals surface area contributed by atoms with Crippen LogP contribution in [0.1, 0.15) is 23.0 Å². The van der Waals surface area contributed by atoms with Gasteiger partial charge in [0, 0.05) is 7.05 Å². The molecule has 0 saturated carbocycles. The molecule has 0 atom stereocenters. The van der Waals surface area contributed by atoms with Crippen molar-refractivity contribution < 1.29 is 22.7 Å². The van der Waals surface area contributed by atoms with Gasteiger partial charge in [0.1, 0.15) is 11.4 Å². The number of hydrogen-bond acceptors (Lipinski definition) is 4. The van der Waals surface area contributed by atoms with Crippen molar-refractivity contribution in [3.63, 3.8) is 0 Å². The number of carbonyl (C=O) groups excluding carboxylic acids is 1. The van der Waals surface area contributed by atoms with Gasteiger partial charge in [0.05, 0.1) is 6.61 Å². The maximum atomic E-state index is 12.6. The zero-order chi connectivity index (χ0) is 12.5. The fourth-order valence-corrected chi connectivity index (χ4v) is 1.16. The fraction of sp³-hybridized carbons (Fsp3) is 0.500. The highest BCUT2D eigenvalue weighted by Gasteiger charge is 2.41. The summed E-state index contributed by atoms with van der Waals surface area (Å²) < 4.78 is 43.0. The molecule has 2 N–H and O–H groups in total. The van der Waals surface area contributed by atoms with Gasteiger partial charge in [-0.3, -0.25) is 4.68 Å². The van der Waals surface area contributed by atoms with Gasteiger partial charge in [-0.25, -0.2) is 4.79 Å². The van der Waals surface area contributed by atoms with E-state index in [2.05, 4.69) is 9.84 Å². The summed E-state index contributed by atoms with van der Waals surface area (Å²) in [6, 6.07) is 0. The van der Waals surface area contributed by atoms with E-state index in [0.29, 0.717) is 0 Å². The Bertz CT molecular complexity index is 411. The lowest BCUT2D eigenvalue weighted by molar-refractivity contribution is -0.137. The van der Waals surface area contributed by atoms with Crippen LogP contribution in [0, 0.1) is 0 Å². The SMILES string of the molecule is CCOC(=O)c1nn(C)c(N)c1C(F)(F)F. The average molecular weight is 237 g/mol. The summed E-state index contributed by atoms with van der Waals surface area (Å²) in [6.07, 6.45) is -4.74. The zero-order valence-electron chi connectivity index (χ0n) is 8.63. The molecule has 1 aromatic heterocycles. The van der Waals surface area contributed by atoms with Gasteiger partial charge in [-0.2, -0.15) is 18.3 Å². The van der Waals surface area contributed by atoms with Gasteiger partial charge in [0.15, 0.2) is 5.69 Å². The minimum Gasteiger partial charge on any atom is -0.461 e. The van der Waals surface area contributed by atoms with Gasteiger partial charge in [-0.1, -0.05) is 0 Å². The first-order valence-electron chi connectivity index (χ1n) is 4.35. The number of nitrogen functional groups attached to an aromatic ring is 1. The first-order valence-corrected chi connectivity index (χ1v) is 4.35. The Hall–Kier alpha value is -1.73. The van der Waals surface area contributed by atoms with Crippen molar-refractivity contribution in [1.29, 1.82) is 0 Å². The van der Waals surface area contributed by atoms with E-state index in [0.717, 1.165) is 4.68 Å². The van der Waals surface area contributed by atoms with E-state index in [4.69, 9.17) is 5.73 Å². The lowest BCUT2D eigenvalue weighted by Gasteiger charge is -2.07. The summed E-state index contributed by atoms with van der Waals surface area (Å²) in [7, 11) is 1.22. The molecule has 0 unspecified atom stereocenters. The van der Waals surface area contributed by atoms with Crippen LogP contribution in [0.5, 0.6) is 0 Å². The second kappa shape index (κ2) is 4.03. The van der Waals surface area contributed by atoms with Crippen molar-refractivity contribution in [3.05, 3.63) is 11.3 Å². The summed E-state index contributed by atoms with van der Waals surface area (Å²) in [4.78, 5) is 11.2. The van der Waals surface area contributed by atoms with E-state index in [1.165, 1.54) is 14.0 Å². The lowest BCUT2D eigenvalue weighted by Crippen LogP contribution is -2.15. The molecule has 0 fully saturated rings. The Morgan fingerprint density at radius 2 is 2.12 bits per heavy atom. The number of anilines is 1. The third kappa shape index (κ3) is 2.10. The Morgan fingerprint density at radius 1 is 1.56 bits per heavy atom. The van der Waals surface area contributed by atoms with Gasteiger partial charge in [-0.05, 0) is 6.92 Å². The molecule has 0 aliphatic rings. The normalized spacial score (nSPS) is 11.6. The van der Waals surface area contributed by atoms with Gasteiger partial charge >= 0.3 is 12.1 Å². The number of carbonyl (C=O) groups is 1. The van der Waals surface area contributed by atoms with Crippen molar-refractivity contribution in [1.82, 2.24) is 9.78 Å². The minimum absolute atomic E-state index is 0.0351. The number of aryl methyl sites for hydroxylation is 1. The molecule has 5 nitrogen and oxygen atoms in total. The van der Waals surface area contributed by atoms with Crippen LogP contribution in [0.4, 0.5) is 19.0 Å². The van der Waals surface area contributed by atoms with Crippen molar-refractivity contribution in [2.24, 2.45) is 7.05 Å². The van der Waals surface area contributed by atoms with Crippen LogP contribution in [0.15, 0.2) is 0 Å². The van der Waals surface area contributed by atoms with Crippen LogP contribution < -0.4 is 5.73 Å². The third-order valence-corrected chi connectivity index (χ3v) is 1.84. The Morgan fingerprint density at radius 3 is 2.56 bits per heavy atom. The molecule has 1 rings (SSSR count). The quantitative estimate of drug-likeness (QED) is 0.784. The maximum Gasteiger partial charge on any atom is 0.422 e. The number of ether oxygens (including phenoxy) is 1. The van der Waals surface area contributed by atoms with E-state index in [1.54, 1.807) is 0 Å². The molecule has 8 heteroatoms. The molecule has 90 valence electrons. The second-order valence-corrected chi connectivity index (χ2v) is 2.95. The number of aromatic nitrogens is 2. The minimum atomic E-state index is -4.74. The number of nitrogens with zero attached hydrogens (tertiary/aromatic N) is 2. The maximum absolute atomic E-state index is 12.6. The number of hydrogen-bond donors (Lipinski definition) is 1. The Kier molecular flexibility index (Phi) is 3.11. The molecule has 0 saturated heterocycles. The Balaban J connectivity index is 3.29. The lowest BCUT2D eigenvalue weighted by atomic mass is 10.2. The first kappa shape index (κ1) is 12.3. The topological polar surface area (TPSA) is 70.1 Å². The Labute approximate surface area is 89.0 Å². The molecular formula is C8H10F3N3O2. The highest BCUT2D eigenvalue weighted by atomic mass is 19.4. The molecule has 0 aliphatic heterocycles. The van der Waals surface area contributed by atoms with E-state index >= 15 is 0 Å². The van der Waals surface area contributed by atoms with Crippen LogP contribution in [-0.4, -0.2) is 22.4 Å². The van der Waals surface area contributed by atoms with Crippen LogP contribution in [0.2, 0.25) is 0 Å². The predicted molar refractivity (Wildman–Crippen MR) is 48.6 cm³/mol. The summed E-state index contributed by atoms with van der Waals surface area (Å²) in [6.45, 7) is 1.45. The molecule has 0 radical (unpaired) electrons. The molecule has 1 aromatic rings. The number of alkyl halides is 3. The average Bonchev–Trinajstić information content (AvgIpc) is 2.43. The van der Waals surface area contributed by atoms with Crippen LogP contribution >= 0.6 is 0 Å². The molecule has 0 amide bonds. The highest BCUT2D eigenvalue weighted by Crippen LogP contribution is 2.36. The number of halogens is 3. The van der Waals surface area contributed by atoms with Gasteiger partial charge in [-0.15, -0.1) is 0 Å². The number of nitrogens with two attached hydrogens (primary N) is 1. The second-order valence-electron chi connectivity index (χ2n) is 2.95. The highest BCUT2D eigenvalue weighted by molar-refractivity contribution is 5.90. The van der Waals surface area contributed by atoms with E-state index < -0.39 is 29.2 Å². The largest absolute Gasteiger partial charge is 0.461 e. The van der Waals surface area contributed by atoms with Crippen molar-refractivity contribution >= 4 is 11.8 Å². The third-order valence-electron chi connectivity index (χ3n) is 1.84.